The zero-order valence-electron chi connectivity index (χ0n) is 36.0. The Balaban J connectivity index is 2.37. The monoisotopic (exact) mass is 933 g/mol. The molecule has 0 bridgehead atoms. The smallest absolute Gasteiger partial charge is 0.326 e. The number of phenolic OH excluding ortho intramolecular Hbond substituents is 1. The highest BCUT2D eigenvalue weighted by Crippen LogP contribution is 2.13. The largest absolute Gasteiger partial charge is 0.508 e. The summed E-state index contributed by atoms with van der Waals surface area (Å²) >= 11 is 2.70. The molecule has 22 heteroatoms. The van der Waals surface area contributed by atoms with E-state index in [1.165, 1.54) is 35.7 Å². The van der Waals surface area contributed by atoms with Crippen LogP contribution in [-0.2, 0) is 56.0 Å². The summed E-state index contributed by atoms with van der Waals surface area (Å²) in [6.45, 7) is 3.44. The number of thioether (sulfide) groups is 2. The van der Waals surface area contributed by atoms with Gasteiger partial charge in [-0.1, -0.05) is 56.3 Å². The average molecular weight is 934 g/mol. The Bertz CT molecular complexity index is 1910. The van der Waals surface area contributed by atoms with Gasteiger partial charge in [0.05, 0.1) is 18.9 Å². The molecule has 352 valence electrons. The van der Waals surface area contributed by atoms with Gasteiger partial charge >= 0.3 is 17.9 Å². The van der Waals surface area contributed by atoms with Crippen molar-refractivity contribution >= 4 is 76.9 Å². The van der Waals surface area contributed by atoms with Crippen LogP contribution in [0.4, 0.5) is 0 Å². The Morgan fingerprint density at radius 2 is 0.938 bits per heavy atom. The molecule has 12 N–H and O–H groups in total. The Kier molecular flexibility index (Phi) is 23.8. The summed E-state index contributed by atoms with van der Waals surface area (Å²) in [5.74, 6) is -9.47. The maximum Gasteiger partial charge on any atom is 0.326 e. The molecule has 0 aliphatic carbocycles. The predicted molar refractivity (Wildman–Crippen MR) is 239 cm³/mol. The highest BCUT2D eigenvalue weighted by atomic mass is 32.2. The van der Waals surface area contributed by atoms with E-state index in [-0.39, 0.29) is 43.8 Å². The summed E-state index contributed by atoms with van der Waals surface area (Å²) in [7, 11) is 0. The molecule has 0 spiro atoms. The van der Waals surface area contributed by atoms with Gasteiger partial charge in [-0.25, -0.2) is 4.79 Å². The second kappa shape index (κ2) is 28.0. The first-order valence-corrected chi connectivity index (χ1v) is 23.1. The van der Waals surface area contributed by atoms with Gasteiger partial charge < -0.3 is 58.1 Å². The molecule has 0 aromatic heterocycles. The number of hydrogen-bond acceptors (Lipinski definition) is 13. The maximum atomic E-state index is 14.1. The van der Waals surface area contributed by atoms with Gasteiger partial charge in [-0.15, -0.1) is 0 Å². The van der Waals surface area contributed by atoms with Crippen molar-refractivity contribution in [2.75, 3.05) is 24.0 Å². The lowest BCUT2D eigenvalue weighted by Gasteiger charge is -2.28. The maximum absolute atomic E-state index is 14.1. The van der Waals surface area contributed by atoms with Crippen molar-refractivity contribution in [1.82, 2.24) is 31.9 Å². The summed E-state index contributed by atoms with van der Waals surface area (Å²) < 4.78 is 0. The molecule has 0 aliphatic rings. The Morgan fingerprint density at radius 3 is 1.44 bits per heavy atom. The Hall–Kier alpha value is -5.87. The second-order valence-corrected chi connectivity index (χ2v) is 17.2. The third-order valence-corrected chi connectivity index (χ3v) is 10.8. The molecule has 0 saturated carbocycles. The number of nitrogens with one attached hydrogen (secondary N) is 6. The minimum atomic E-state index is -1.80. The van der Waals surface area contributed by atoms with E-state index in [9.17, 15) is 58.5 Å². The van der Waals surface area contributed by atoms with Gasteiger partial charge in [0.2, 0.25) is 35.4 Å². The van der Waals surface area contributed by atoms with E-state index in [0.717, 1.165) is 0 Å². The second-order valence-electron chi connectivity index (χ2n) is 15.3. The minimum absolute atomic E-state index is 0.0128. The third-order valence-electron chi connectivity index (χ3n) is 9.48. The molecule has 0 saturated heterocycles. The number of carboxylic acid groups (broad SMARTS) is 3. The molecule has 2 rings (SSSR count). The average Bonchev–Trinajstić information content (AvgIpc) is 3.23. The Morgan fingerprint density at radius 1 is 0.531 bits per heavy atom. The molecule has 2 aromatic carbocycles. The quantitative estimate of drug-likeness (QED) is 0.0512. The fourth-order valence-corrected chi connectivity index (χ4v) is 7.09. The Labute approximate surface area is 379 Å². The highest BCUT2D eigenvalue weighted by molar-refractivity contribution is 7.98. The first kappa shape index (κ1) is 54.3. The number of amides is 6. The summed E-state index contributed by atoms with van der Waals surface area (Å²) in [5.41, 5.74) is 7.41. The molecule has 2 aromatic rings. The first-order chi connectivity index (χ1) is 30.2. The van der Waals surface area contributed by atoms with Crippen LogP contribution >= 0.6 is 23.5 Å². The number of hydrogen-bond donors (Lipinski definition) is 11. The molecule has 64 heavy (non-hydrogen) atoms. The van der Waals surface area contributed by atoms with Crippen molar-refractivity contribution in [2.24, 2.45) is 11.7 Å². The van der Waals surface area contributed by atoms with Gasteiger partial charge in [0.25, 0.3) is 0 Å². The zero-order valence-corrected chi connectivity index (χ0v) is 37.7. The van der Waals surface area contributed by atoms with E-state index in [2.05, 4.69) is 31.9 Å². The molecule has 0 radical (unpaired) electrons. The van der Waals surface area contributed by atoms with E-state index < -0.39 is 108 Å². The van der Waals surface area contributed by atoms with Crippen LogP contribution < -0.4 is 37.6 Å². The number of aliphatic carboxylic acids is 3. The van der Waals surface area contributed by atoms with Crippen LogP contribution in [-0.4, -0.2) is 140 Å². The molecule has 20 nitrogen and oxygen atoms in total. The number of carboxylic acids is 3. The summed E-state index contributed by atoms with van der Waals surface area (Å²) in [5, 5.41) is 52.7. The van der Waals surface area contributed by atoms with Gasteiger partial charge in [-0.05, 0) is 78.9 Å². The van der Waals surface area contributed by atoms with Gasteiger partial charge in [0, 0.05) is 6.42 Å². The van der Waals surface area contributed by atoms with Crippen molar-refractivity contribution in [3.8, 4) is 5.75 Å². The van der Waals surface area contributed by atoms with Gasteiger partial charge in [0.15, 0.2) is 0 Å². The predicted octanol–water partition coefficient (Wildman–Crippen LogP) is -0.000200. The number of phenols is 1. The van der Waals surface area contributed by atoms with E-state index in [4.69, 9.17) is 10.8 Å². The van der Waals surface area contributed by atoms with E-state index in [1.807, 2.05) is 0 Å². The number of benzene rings is 2. The van der Waals surface area contributed by atoms with Crippen molar-refractivity contribution in [2.45, 2.75) is 101 Å². The number of nitrogens with two attached hydrogens (primary N) is 1. The van der Waals surface area contributed by atoms with Crippen LogP contribution in [0.1, 0.15) is 57.1 Å². The van der Waals surface area contributed by atoms with Crippen LogP contribution in [0.15, 0.2) is 54.6 Å². The van der Waals surface area contributed by atoms with Gasteiger partial charge in [0.1, 0.15) is 42.0 Å². The van der Waals surface area contributed by atoms with E-state index in [1.54, 1.807) is 68.8 Å². The number of carbonyl (C=O) groups excluding carboxylic acids is 6. The SMILES string of the molecule is CSCC[C@H](NC(=O)[C@H](CC(C)C)NC(=O)[C@H](CC(=O)O)NC(=O)[C@H](Cc1ccccc1)NC(=O)[C@H](CCSC)NC(=O)[C@@H](N)Cc1ccc(O)cc1)C(=O)N[C@@H](CC(=O)O)C(=O)O. The molecule has 0 unspecified atom stereocenters. The van der Waals surface area contributed by atoms with Crippen molar-refractivity contribution in [3.63, 3.8) is 0 Å². The van der Waals surface area contributed by atoms with E-state index >= 15 is 0 Å². The van der Waals surface area contributed by atoms with E-state index in [0.29, 0.717) is 22.6 Å². The lowest BCUT2D eigenvalue weighted by atomic mass is 10.0. The fraction of sp³-hybridized carbons (Fsp3) is 0.500. The van der Waals surface area contributed by atoms with Crippen LogP contribution in [0, 0.1) is 5.92 Å². The normalized spacial score (nSPS) is 14.3. The molecular formula is C42H59N7O13S2. The summed E-state index contributed by atoms with van der Waals surface area (Å²) in [4.78, 5) is 117. The number of aromatic hydroxyl groups is 1. The van der Waals surface area contributed by atoms with Gasteiger partial charge in [-0.3, -0.25) is 38.4 Å². The van der Waals surface area contributed by atoms with Crippen molar-refractivity contribution in [1.29, 1.82) is 0 Å². The number of carbonyl (C=O) groups is 9. The first-order valence-electron chi connectivity index (χ1n) is 20.3. The lowest BCUT2D eigenvalue weighted by molar-refractivity contribution is -0.147. The number of rotatable bonds is 29. The van der Waals surface area contributed by atoms with Crippen molar-refractivity contribution < 1.29 is 63.6 Å². The van der Waals surface area contributed by atoms with Gasteiger partial charge in [-0.2, -0.15) is 23.5 Å². The van der Waals surface area contributed by atoms with Crippen LogP contribution in [0.2, 0.25) is 0 Å². The molecule has 7 atom stereocenters. The van der Waals surface area contributed by atoms with Crippen molar-refractivity contribution in [3.05, 3.63) is 65.7 Å². The molecule has 0 fully saturated rings. The third kappa shape index (κ3) is 20.1. The van der Waals surface area contributed by atoms with Crippen LogP contribution in [0.5, 0.6) is 5.75 Å². The summed E-state index contributed by atoms with van der Waals surface area (Å²) in [6, 6.07) is 4.53. The molecule has 0 heterocycles. The fourth-order valence-electron chi connectivity index (χ4n) is 6.15. The minimum Gasteiger partial charge on any atom is -0.508 e. The topological polar surface area (TPSA) is 333 Å². The molecule has 0 aliphatic heterocycles. The van der Waals surface area contributed by atoms with Crippen LogP contribution in [0.3, 0.4) is 0 Å². The zero-order chi connectivity index (χ0) is 47.9. The van der Waals surface area contributed by atoms with Crippen LogP contribution in [0.25, 0.3) is 0 Å². The standard InChI is InChI=1S/C42H59N7O13S2/c1-23(2)18-30(39(58)45-29(15-17-64-4)38(57)49-33(42(61)62)22-35(53)54)46-41(60)32(21-34(51)52)48-40(59)31(20-24-8-6-5-7-9-24)47-37(56)28(14-16-63-3)44-36(55)27(43)19-25-10-12-26(50)13-11-25/h5-13,23,27-33,50H,14-22,43H2,1-4H3,(H,44,55)(H,45,58)(H,46,60)(H,47,56)(H,48,59)(H,49,57)(H,51,52)(H,53,54)(H,61,62)/t27-,28-,29-,30-,31-,32-,33-/m0/s1. The molecular weight excluding hydrogens is 875 g/mol. The summed E-state index contributed by atoms with van der Waals surface area (Å²) in [6.07, 6.45) is 1.67. The molecule has 6 amide bonds. The highest BCUT2D eigenvalue weighted by Gasteiger charge is 2.35. The lowest BCUT2D eigenvalue weighted by Crippen LogP contribution is -2.60.